The number of nitrogens with one attached hydrogen (secondary N) is 1. The van der Waals surface area contributed by atoms with Crippen LogP contribution in [0.1, 0.15) is 25.7 Å². The Morgan fingerprint density at radius 2 is 1.94 bits per heavy atom. The van der Waals surface area contributed by atoms with Gasteiger partial charge >= 0.3 is 6.18 Å². The molecule has 1 amide bonds. The van der Waals surface area contributed by atoms with E-state index in [1.54, 1.807) is 4.90 Å². The third-order valence-electron chi connectivity index (χ3n) is 3.09. The van der Waals surface area contributed by atoms with Gasteiger partial charge in [-0.25, -0.2) is 0 Å². The summed E-state index contributed by atoms with van der Waals surface area (Å²) in [5, 5.41) is 3.18. The first-order valence-corrected chi connectivity index (χ1v) is 6.18. The van der Waals surface area contributed by atoms with Crippen molar-refractivity contribution in [3.05, 3.63) is 0 Å². The normalized spacial score (nSPS) is 18.2. The molecule has 1 aliphatic rings. The van der Waals surface area contributed by atoms with E-state index in [1.165, 1.54) is 0 Å². The molecule has 0 aliphatic carbocycles. The van der Waals surface area contributed by atoms with Gasteiger partial charge in [0.2, 0.25) is 5.91 Å². The van der Waals surface area contributed by atoms with Crippen molar-refractivity contribution in [2.24, 2.45) is 5.73 Å². The van der Waals surface area contributed by atoms with E-state index < -0.39 is 18.5 Å². The SMILES string of the molecule is NC(=O)CN(CCCC(F)(F)F)C1CCNCC1. The van der Waals surface area contributed by atoms with E-state index in [1.807, 2.05) is 0 Å². The fourth-order valence-corrected chi connectivity index (χ4v) is 2.25. The number of nitrogens with two attached hydrogens (primary N) is 1. The minimum absolute atomic E-state index is 0.0146. The van der Waals surface area contributed by atoms with Crippen molar-refractivity contribution in [2.45, 2.75) is 37.9 Å². The largest absolute Gasteiger partial charge is 0.389 e. The minimum atomic E-state index is -4.13. The van der Waals surface area contributed by atoms with Crippen molar-refractivity contribution >= 4 is 5.91 Å². The fraction of sp³-hybridized carbons (Fsp3) is 0.909. The number of carbonyl (C=O) groups excluding carboxylic acids is 1. The third-order valence-corrected chi connectivity index (χ3v) is 3.09. The second-order valence-corrected chi connectivity index (χ2v) is 4.64. The second-order valence-electron chi connectivity index (χ2n) is 4.64. The molecule has 0 atom stereocenters. The van der Waals surface area contributed by atoms with Gasteiger partial charge in [0.05, 0.1) is 6.54 Å². The predicted molar refractivity (Wildman–Crippen MR) is 61.9 cm³/mol. The van der Waals surface area contributed by atoms with Crippen molar-refractivity contribution in [1.82, 2.24) is 10.2 Å². The summed E-state index contributed by atoms with van der Waals surface area (Å²) in [5.41, 5.74) is 5.14. The standard InChI is InChI=1S/C11H20F3N3O/c12-11(13,14)4-1-7-17(8-10(15)18)9-2-5-16-6-3-9/h9,16H,1-8H2,(H2,15,18). The number of amides is 1. The molecule has 1 heterocycles. The van der Waals surface area contributed by atoms with Gasteiger partial charge in [-0.2, -0.15) is 13.2 Å². The molecule has 0 radical (unpaired) electrons. The van der Waals surface area contributed by atoms with Crippen LogP contribution in [0.5, 0.6) is 0 Å². The summed E-state index contributed by atoms with van der Waals surface area (Å²) in [6.07, 6.45) is -3.24. The number of carbonyl (C=O) groups is 1. The van der Waals surface area contributed by atoms with Crippen LogP contribution in [0.4, 0.5) is 13.2 Å². The van der Waals surface area contributed by atoms with Gasteiger partial charge in [-0.1, -0.05) is 0 Å². The Balaban J connectivity index is 2.41. The molecule has 0 bridgehead atoms. The van der Waals surface area contributed by atoms with Crippen LogP contribution in [0.15, 0.2) is 0 Å². The molecule has 1 fully saturated rings. The topological polar surface area (TPSA) is 58.4 Å². The maximum atomic E-state index is 12.1. The Morgan fingerprint density at radius 1 is 1.33 bits per heavy atom. The number of rotatable bonds is 6. The van der Waals surface area contributed by atoms with Crippen molar-refractivity contribution in [3.8, 4) is 0 Å². The first-order valence-electron chi connectivity index (χ1n) is 6.18. The Bertz CT molecular complexity index is 265. The minimum Gasteiger partial charge on any atom is -0.369 e. The van der Waals surface area contributed by atoms with Gasteiger partial charge in [-0.15, -0.1) is 0 Å². The van der Waals surface area contributed by atoms with Crippen molar-refractivity contribution < 1.29 is 18.0 Å². The molecule has 0 unspecified atom stereocenters. The van der Waals surface area contributed by atoms with Gasteiger partial charge in [-0.05, 0) is 38.9 Å². The molecule has 3 N–H and O–H groups in total. The van der Waals surface area contributed by atoms with E-state index in [2.05, 4.69) is 5.32 Å². The van der Waals surface area contributed by atoms with Crippen LogP contribution < -0.4 is 11.1 Å². The molecule has 106 valence electrons. The number of piperidine rings is 1. The zero-order valence-electron chi connectivity index (χ0n) is 10.3. The molecule has 4 nitrogen and oxygen atoms in total. The summed E-state index contributed by atoms with van der Waals surface area (Å²) in [4.78, 5) is 12.7. The number of nitrogens with zero attached hydrogens (tertiary/aromatic N) is 1. The Hall–Kier alpha value is -0.820. The molecule has 1 saturated heterocycles. The number of halogens is 3. The van der Waals surface area contributed by atoms with E-state index in [9.17, 15) is 18.0 Å². The maximum absolute atomic E-state index is 12.1. The smallest absolute Gasteiger partial charge is 0.369 e. The van der Waals surface area contributed by atoms with Crippen LogP contribution in [0, 0.1) is 0 Å². The van der Waals surface area contributed by atoms with Crippen LogP contribution in [0.2, 0.25) is 0 Å². The molecule has 0 aromatic rings. The first-order chi connectivity index (χ1) is 8.38. The van der Waals surface area contributed by atoms with Crippen LogP contribution in [-0.4, -0.2) is 49.2 Å². The Morgan fingerprint density at radius 3 is 2.44 bits per heavy atom. The molecule has 0 aromatic carbocycles. The van der Waals surface area contributed by atoms with Gasteiger partial charge in [-0.3, -0.25) is 9.69 Å². The molecule has 1 aliphatic heterocycles. The highest BCUT2D eigenvalue weighted by Crippen LogP contribution is 2.22. The molecule has 0 saturated carbocycles. The fourth-order valence-electron chi connectivity index (χ4n) is 2.25. The lowest BCUT2D eigenvalue weighted by Gasteiger charge is -2.33. The van der Waals surface area contributed by atoms with Crippen molar-refractivity contribution in [2.75, 3.05) is 26.2 Å². The zero-order chi connectivity index (χ0) is 13.6. The molecular weight excluding hydrogens is 247 g/mol. The van der Waals surface area contributed by atoms with Crippen molar-refractivity contribution in [3.63, 3.8) is 0 Å². The summed E-state index contributed by atoms with van der Waals surface area (Å²) in [6.45, 7) is 1.98. The molecular formula is C11H20F3N3O. The van der Waals surface area contributed by atoms with Crippen LogP contribution in [0.25, 0.3) is 0 Å². The quantitative estimate of drug-likeness (QED) is 0.750. The average Bonchev–Trinajstić information content (AvgIpc) is 2.27. The molecule has 0 spiro atoms. The van der Waals surface area contributed by atoms with Gasteiger partial charge in [0.25, 0.3) is 0 Å². The summed E-state index contributed by atoms with van der Waals surface area (Å²) in [5.74, 6) is -0.486. The zero-order valence-corrected chi connectivity index (χ0v) is 10.3. The predicted octanol–water partition coefficient (Wildman–Crippen LogP) is 0.868. The average molecular weight is 267 g/mol. The van der Waals surface area contributed by atoms with E-state index in [0.29, 0.717) is 0 Å². The number of hydrogen-bond acceptors (Lipinski definition) is 3. The maximum Gasteiger partial charge on any atom is 0.389 e. The monoisotopic (exact) mass is 267 g/mol. The lowest BCUT2D eigenvalue weighted by Crippen LogP contribution is -2.47. The summed E-state index contributed by atoms with van der Waals surface area (Å²) >= 11 is 0. The van der Waals surface area contributed by atoms with Gasteiger partial charge in [0.15, 0.2) is 0 Å². The van der Waals surface area contributed by atoms with E-state index >= 15 is 0 Å². The third kappa shape index (κ3) is 6.20. The summed E-state index contributed by atoms with van der Waals surface area (Å²) < 4.78 is 36.3. The van der Waals surface area contributed by atoms with E-state index in [-0.39, 0.29) is 25.6 Å². The summed E-state index contributed by atoms with van der Waals surface area (Å²) in [6, 6.07) is 0.159. The first kappa shape index (κ1) is 15.2. The van der Waals surface area contributed by atoms with Gasteiger partial charge < -0.3 is 11.1 Å². The van der Waals surface area contributed by atoms with Gasteiger partial charge in [0.1, 0.15) is 0 Å². The Kier molecular flexibility index (Phi) is 5.87. The second kappa shape index (κ2) is 6.94. The number of alkyl halides is 3. The Labute approximate surface area is 105 Å². The lowest BCUT2D eigenvalue weighted by molar-refractivity contribution is -0.136. The molecule has 1 rings (SSSR count). The molecule has 18 heavy (non-hydrogen) atoms. The number of primary amides is 1. The van der Waals surface area contributed by atoms with Gasteiger partial charge in [0, 0.05) is 12.5 Å². The molecule has 7 heteroatoms. The highest BCUT2D eigenvalue weighted by molar-refractivity contribution is 5.75. The summed E-state index contributed by atoms with van der Waals surface area (Å²) in [7, 11) is 0. The highest BCUT2D eigenvalue weighted by atomic mass is 19.4. The van der Waals surface area contributed by atoms with E-state index in [4.69, 9.17) is 5.73 Å². The van der Waals surface area contributed by atoms with Crippen LogP contribution in [0.3, 0.4) is 0 Å². The van der Waals surface area contributed by atoms with Crippen molar-refractivity contribution in [1.29, 1.82) is 0 Å². The number of hydrogen-bond donors (Lipinski definition) is 2. The van der Waals surface area contributed by atoms with Crippen LogP contribution in [-0.2, 0) is 4.79 Å². The van der Waals surface area contributed by atoms with E-state index in [0.717, 1.165) is 25.9 Å². The lowest BCUT2D eigenvalue weighted by atomic mass is 10.0. The highest BCUT2D eigenvalue weighted by Gasteiger charge is 2.28. The van der Waals surface area contributed by atoms with Crippen LogP contribution >= 0.6 is 0 Å². The molecule has 0 aromatic heterocycles.